The number of aryl methyl sites for hydroxylation is 1. The standard InChI is InChI=1S/C7H8.2ClH.HNO2/c1-7-5-3-2-4-6-7;;;2-1-3/h2-6H,1H3;2*1H;(H,2,3). The van der Waals surface area contributed by atoms with E-state index >= 15 is 0 Å². The van der Waals surface area contributed by atoms with Crippen molar-refractivity contribution in [3.05, 3.63) is 40.8 Å². The van der Waals surface area contributed by atoms with Gasteiger partial charge < -0.3 is 5.21 Å². The van der Waals surface area contributed by atoms with Gasteiger partial charge in [-0.2, -0.15) is 0 Å². The third-order valence-electron chi connectivity index (χ3n) is 0.940. The van der Waals surface area contributed by atoms with Crippen molar-refractivity contribution in [1.29, 1.82) is 0 Å². The van der Waals surface area contributed by atoms with Crippen LogP contribution < -0.4 is 0 Å². The van der Waals surface area contributed by atoms with Gasteiger partial charge in [0.25, 0.3) is 0 Å². The molecule has 0 aliphatic rings. The maximum Gasteiger partial charge on any atom is 0.152 e. The number of hydrogen-bond acceptors (Lipinski definition) is 2. The molecule has 1 aromatic carbocycles. The molecule has 0 aromatic heterocycles. The Bertz CT molecular complexity index is 182. The van der Waals surface area contributed by atoms with Crippen molar-refractivity contribution in [3.63, 3.8) is 0 Å². The fraction of sp³-hybridized carbons (Fsp3) is 0.143. The molecule has 0 radical (unpaired) electrons. The van der Waals surface area contributed by atoms with Gasteiger partial charge in [-0.15, -0.1) is 29.7 Å². The van der Waals surface area contributed by atoms with Crippen molar-refractivity contribution in [1.82, 2.24) is 0 Å². The van der Waals surface area contributed by atoms with Crippen LogP contribution in [0.2, 0.25) is 0 Å². The number of benzene rings is 1. The molecule has 0 unspecified atom stereocenters. The molecule has 12 heavy (non-hydrogen) atoms. The Morgan fingerprint density at radius 3 is 1.67 bits per heavy atom. The maximum atomic E-state index is 8.11. The van der Waals surface area contributed by atoms with Crippen molar-refractivity contribution >= 4 is 24.8 Å². The molecule has 0 spiro atoms. The van der Waals surface area contributed by atoms with Gasteiger partial charge >= 0.3 is 0 Å². The minimum atomic E-state index is 0. The van der Waals surface area contributed by atoms with E-state index in [2.05, 4.69) is 19.1 Å². The monoisotopic (exact) mass is 211 g/mol. The highest BCUT2D eigenvalue weighted by Gasteiger charge is 1.72. The van der Waals surface area contributed by atoms with Gasteiger partial charge in [-0.3, -0.25) is 0 Å². The van der Waals surface area contributed by atoms with Crippen LogP contribution in [0, 0.1) is 11.8 Å². The fourth-order valence-corrected chi connectivity index (χ4v) is 0.534. The maximum absolute atomic E-state index is 8.11. The van der Waals surface area contributed by atoms with E-state index < -0.39 is 0 Å². The largest absolute Gasteiger partial charge is 0.379 e. The second-order valence-electron chi connectivity index (χ2n) is 1.74. The summed E-state index contributed by atoms with van der Waals surface area (Å²) in [7, 11) is 0. The first-order valence-corrected chi connectivity index (χ1v) is 2.79. The normalized spacial score (nSPS) is 6.08. The van der Waals surface area contributed by atoms with Crippen LogP contribution >= 0.6 is 24.8 Å². The quantitative estimate of drug-likeness (QED) is 0.530. The highest BCUT2D eigenvalue weighted by Crippen LogP contribution is 1.92. The Balaban J connectivity index is -0.000000146. The average molecular weight is 212 g/mol. The summed E-state index contributed by atoms with van der Waals surface area (Å²) in [6, 6.07) is 10.3. The summed E-state index contributed by atoms with van der Waals surface area (Å²) in [6.45, 7) is 2.08. The summed E-state index contributed by atoms with van der Waals surface area (Å²) >= 11 is 0. The van der Waals surface area contributed by atoms with E-state index in [1.165, 1.54) is 10.9 Å². The predicted octanol–water partition coefficient (Wildman–Crippen LogP) is 2.98. The highest BCUT2D eigenvalue weighted by molar-refractivity contribution is 5.85. The lowest BCUT2D eigenvalue weighted by molar-refractivity contribution is 0.312. The summed E-state index contributed by atoms with van der Waals surface area (Å²) in [4.78, 5) is 8.11. The summed E-state index contributed by atoms with van der Waals surface area (Å²) in [5.74, 6) is 0. The van der Waals surface area contributed by atoms with Crippen LogP contribution in [-0.4, -0.2) is 5.21 Å². The molecule has 1 rings (SSSR count). The number of halogens is 2. The van der Waals surface area contributed by atoms with Crippen LogP contribution in [0.4, 0.5) is 0 Å². The first-order valence-electron chi connectivity index (χ1n) is 2.79. The molecule has 0 saturated heterocycles. The molecule has 3 nitrogen and oxygen atoms in total. The first kappa shape index (κ1) is 17.3. The molecule has 1 N–H and O–H groups in total. The molecule has 0 fully saturated rings. The van der Waals surface area contributed by atoms with Crippen molar-refractivity contribution in [3.8, 4) is 0 Å². The Hall–Kier alpha value is -0.800. The lowest BCUT2D eigenvalue weighted by atomic mass is 10.2. The Morgan fingerprint density at radius 1 is 1.17 bits per heavy atom. The van der Waals surface area contributed by atoms with Crippen LogP contribution in [0.3, 0.4) is 0 Å². The van der Waals surface area contributed by atoms with E-state index in [9.17, 15) is 0 Å². The molecule has 70 valence electrons. The van der Waals surface area contributed by atoms with E-state index in [0.717, 1.165) is 0 Å². The molecule has 0 saturated carbocycles. The van der Waals surface area contributed by atoms with E-state index in [-0.39, 0.29) is 24.8 Å². The summed E-state index contributed by atoms with van der Waals surface area (Å²) in [6.07, 6.45) is 0. The van der Waals surface area contributed by atoms with Gasteiger partial charge in [0.15, 0.2) is 5.34 Å². The third-order valence-corrected chi connectivity index (χ3v) is 0.940. The van der Waals surface area contributed by atoms with Crippen molar-refractivity contribution in [2.45, 2.75) is 6.92 Å². The highest BCUT2D eigenvalue weighted by atomic mass is 35.5. The van der Waals surface area contributed by atoms with Gasteiger partial charge in [-0.1, -0.05) is 35.9 Å². The first-order chi connectivity index (χ1) is 4.81. The van der Waals surface area contributed by atoms with E-state index in [4.69, 9.17) is 10.1 Å². The zero-order chi connectivity index (χ0) is 7.82. The minimum absolute atomic E-state index is 0. The molecule has 1 aromatic rings. The number of nitrogens with zero attached hydrogens (tertiary/aromatic N) is 1. The zero-order valence-electron chi connectivity index (χ0n) is 6.51. The SMILES string of the molecule is Cc1ccccc1.Cl.Cl.O=NO. The summed E-state index contributed by atoms with van der Waals surface area (Å²) in [5.41, 5.74) is 1.32. The zero-order valence-corrected chi connectivity index (χ0v) is 8.14. The van der Waals surface area contributed by atoms with Gasteiger partial charge in [0, 0.05) is 0 Å². The molecule has 0 heterocycles. The number of rotatable bonds is 0. The van der Waals surface area contributed by atoms with Gasteiger partial charge in [0.2, 0.25) is 0 Å². The topological polar surface area (TPSA) is 49.7 Å². The summed E-state index contributed by atoms with van der Waals surface area (Å²) < 4.78 is 0. The molecule has 0 atom stereocenters. The molecule has 0 aliphatic carbocycles. The van der Waals surface area contributed by atoms with Crippen LogP contribution in [0.25, 0.3) is 0 Å². The minimum Gasteiger partial charge on any atom is -0.379 e. The van der Waals surface area contributed by atoms with Crippen molar-refractivity contribution in [2.24, 2.45) is 5.34 Å². The second kappa shape index (κ2) is 12.8. The van der Waals surface area contributed by atoms with Crippen LogP contribution in [0.5, 0.6) is 0 Å². The Kier molecular flexibility index (Phi) is 18.5. The van der Waals surface area contributed by atoms with E-state index in [0.29, 0.717) is 0 Å². The average Bonchev–Trinajstić information content (AvgIpc) is 1.91. The predicted molar refractivity (Wildman–Crippen MR) is 53.3 cm³/mol. The Morgan fingerprint density at radius 2 is 1.50 bits per heavy atom. The molecule has 0 aliphatic heterocycles. The van der Waals surface area contributed by atoms with Gasteiger partial charge in [0.05, 0.1) is 0 Å². The van der Waals surface area contributed by atoms with E-state index in [1.54, 1.807) is 0 Å². The second-order valence-corrected chi connectivity index (χ2v) is 1.74. The van der Waals surface area contributed by atoms with E-state index in [1.807, 2.05) is 18.2 Å². The van der Waals surface area contributed by atoms with Gasteiger partial charge in [-0.25, -0.2) is 0 Å². The molecule has 0 amide bonds. The van der Waals surface area contributed by atoms with Crippen LogP contribution in [0.1, 0.15) is 5.56 Å². The van der Waals surface area contributed by atoms with Crippen molar-refractivity contribution in [2.75, 3.05) is 0 Å². The lowest BCUT2D eigenvalue weighted by Gasteiger charge is -1.82. The fourth-order valence-electron chi connectivity index (χ4n) is 0.534. The summed E-state index contributed by atoms with van der Waals surface area (Å²) in [5, 5.41) is 7.89. The smallest absolute Gasteiger partial charge is 0.152 e. The molecule has 0 bridgehead atoms. The number of hydrogen-bond donors (Lipinski definition) is 1. The van der Waals surface area contributed by atoms with Crippen molar-refractivity contribution < 1.29 is 5.21 Å². The molecular weight excluding hydrogens is 201 g/mol. The Labute approximate surface area is 83.6 Å². The van der Waals surface area contributed by atoms with Crippen LogP contribution in [0.15, 0.2) is 35.7 Å². The van der Waals surface area contributed by atoms with Gasteiger partial charge in [-0.05, 0) is 6.92 Å². The van der Waals surface area contributed by atoms with Crippen LogP contribution in [-0.2, 0) is 0 Å². The van der Waals surface area contributed by atoms with Gasteiger partial charge in [0.1, 0.15) is 0 Å². The molecule has 5 heteroatoms. The third kappa shape index (κ3) is 11.9. The molecular formula is C7H11Cl2NO2. The lowest BCUT2D eigenvalue weighted by Crippen LogP contribution is -1.62.